The molecule has 2 rings (SSSR count). The van der Waals surface area contributed by atoms with Gasteiger partial charge < -0.3 is 16.0 Å². The van der Waals surface area contributed by atoms with E-state index in [-0.39, 0.29) is 23.7 Å². The van der Waals surface area contributed by atoms with E-state index < -0.39 is 0 Å². The molecule has 0 bridgehead atoms. The van der Waals surface area contributed by atoms with Gasteiger partial charge in [-0.3, -0.25) is 9.59 Å². The number of carbonyl (C=O) groups is 2. The summed E-state index contributed by atoms with van der Waals surface area (Å²) in [6, 6.07) is 0. The summed E-state index contributed by atoms with van der Waals surface area (Å²) in [6.45, 7) is 1.97. The molecule has 19 heavy (non-hydrogen) atoms. The van der Waals surface area contributed by atoms with Crippen molar-refractivity contribution in [2.75, 3.05) is 26.7 Å². The van der Waals surface area contributed by atoms with Crippen molar-refractivity contribution in [3.05, 3.63) is 0 Å². The van der Waals surface area contributed by atoms with Crippen LogP contribution in [0.2, 0.25) is 0 Å². The standard InChI is InChI=1S/C14H25N3O2/c1-16-13(18)11-5-3-7-17(9-11)14(19)12-6-2-4-10(12)8-15/h10-12H,2-9,15H2,1H3,(H,16,18)/t10-,11?,12-/m1/s1. The molecule has 1 unspecified atom stereocenters. The lowest BCUT2D eigenvalue weighted by Gasteiger charge is -2.34. The molecule has 5 heteroatoms. The second-order valence-corrected chi connectivity index (χ2v) is 5.77. The fraction of sp³-hybridized carbons (Fsp3) is 0.857. The molecule has 108 valence electrons. The highest BCUT2D eigenvalue weighted by atomic mass is 16.2. The molecule has 0 aromatic carbocycles. The van der Waals surface area contributed by atoms with Gasteiger partial charge in [0.1, 0.15) is 0 Å². The van der Waals surface area contributed by atoms with E-state index in [4.69, 9.17) is 5.73 Å². The number of nitrogens with one attached hydrogen (secondary N) is 1. The number of hydrogen-bond acceptors (Lipinski definition) is 3. The molecule has 2 fully saturated rings. The third-order valence-electron chi connectivity index (χ3n) is 4.63. The zero-order valence-corrected chi connectivity index (χ0v) is 11.7. The lowest BCUT2D eigenvalue weighted by atomic mass is 9.91. The molecule has 0 aromatic rings. The molecule has 1 heterocycles. The van der Waals surface area contributed by atoms with Crippen LogP contribution in [0.25, 0.3) is 0 Å². The number of likely N-dealkylation sites (tertiary alicyclic amines) is 1. The van der Waals surface area contributed by atoms with Gasteiger partial charge in [-0.25, -0.2) is 0 Å². The molecule has 3 atom stereocenters. The van der Waals surface area contributed by atoms with Gasteiger partial charge in [-0.15, -0.1) is 0 Å². The third-order valence-corrected chi connectivity index (χ3v) is 4.63. The van der Waals surface area contributed by atoms with Crippen LogP contribution in [-0.4, -0.2) is 43.4 Å². The van der Waals surface area contributed by atoms with E-state index in [9.17, 15) is 9.59 Å². The number of hydrogen-bond donors (Lipinski definition) is 2. The topological polar surface area (TPSA) is 75.4 Å². The van der Waals surface area contributed by atoms with Gasteiger partial charge in [-0.05, 0) is 38.1 Å². The smallest absolute Gasteiger partial charge is 0.226 e. The molecule has 0 aromatic heterocycles. The van der Waals surface area contributed by atoms with Crippen molar-refractivity contribution in [3.63, 3.8) is 0 Å². The fourth-order valence-electron chi connectivity index (χ4n) is 3.47. The minimum Gasteiger partial charge on any atom is -0.359 e. The second kappa shape index (κ2) is 6.37. The molecule has 1 aliphatic heterocycles. The first-order valence-corrected chi connectivity index (χ1v) is 7.37. The van der Waals surface area contributed by atoms with Gasteiger partial charge in [0.15, 0.2) is 0 Å². The van der Waals surface area contributed by atoms with Crippen molar-refractivity contribution in [1.82, 2.24) is 10.2 Å². The number of amides is 2. The summed E-state index contributed by atoms with van der Waals surface area (Å²) in [4.78, 5) is 26.2. The van der Waals surface area contributed by atoms with Crippen molar-refractivity contribution in [3.8, 4) is 0 Å². The lowest BCUT2D eigenvalue weighted by molar-refractivity contribution is -0.140. The quantitative estimate of drug-likeness (QED) is 0.774. The van der Waals surface area contributed by atoms with Gasteiger partial charge in [-0.2, -0.15) is 0 Å². The van der Waals surface area contributed by atoms with Gasteiger partial charge in [0.2, 0.25) is 11.8 Å². The van der Waals surface area contributed by atoms with Crippen molar-refractivity contribution in [2.24, 2.45) is 23.5 Å². The fourth-order valence-corrected chi connectivity index (χ4v) is 3.47. The third kappa shape index (κ3) is 3.08. The highest BCUT2D eigenvalue weighted by molar-refractivity contribution is 5.82. The minimum atomic E-state index is -0.0413. The Morgan fingerprint density at radius 1 is 1.26 bits per heavy atom. The molecule has 2 aliphatic rings. The Labute approximate surface area is 114 Å². The maximum atomic E-state index is 12.6. The number of rotatable bonds is 3. The summed E-state index contributed by atoms with van der Waals surface area (Å²) in [5, 5.41) is 2.69. The van der Waals surface area contributed by atoms with Crippen LogP contribution in [-0.2, 0) is 9.59 Å². The van der Waals surface area contributed by atoms with Crippen molar-refractivity contribution in [1.29, 1.82) is 0 Å². The van der Waals surface area contributed by atoms with Crippen LogP contribution in [0.1, 0.15) is 32.1 Å². The van der Waals surface area contributed by atoms with Crippen LogP contribution in [0.4, 0.5) is 0 Å². The minimum absolute atomic E-state index is 0.0413. The Morgan fingerprint density at radius 2 is 2.05 bits per heavy atom. The summed E-state index contributed by atoms with van der Waals surface area (Å²) in [7, 11) is 1.66. The predicted octanol–water partition coefficient (Wildman–Crippen LogP) is 0.346. The SMILES string of the molecule is CNC(=O)C1CCCN(C(=O)[C@@H]2CCC[C@@H]2CN)C1. The Bertz CT molecular complexity index is 346. The first-order chi connectivity index (χ1) is 9.17. The molecule has 2 amide bonds. The van der Waals surface area contributed by atoms with E-state index in [0.29, 0.717) is 19.0 Å². The van der Waals surface area contributed by atoms with Gasteiger partial charge in [0.05, 0.1) is 5.92 Å². The normalized spacial score (nSPS) is 31.3. The number of nitrogens with two attached hydrogens (primary N) is 1. The van der Waals surface area contributed by atoms with Crippen molar-refractivity contribution >= 4 is 11.8 Å². The summed E-state index contributed by atoms with van der Waals surface area (Å²) < 4.78 is 0. The van der Waals surface area contributed by atoms with Crippen LogP contribution in [0.5, 0.6) is 0 Å². The first-order valence-electron chi connectivity index (χ1n) is 7.37. The van der Waals surface area contributed by atoms with Crippen LogP contribution >= 0.6 is 0 Å². The summed E-state index contributed by atoms with van der Waals surface area (Å²) in [6.07, 6.45) is 4.94. The monoisotopic (exact) mass is 267 g/mol. The summed E-state index contributed by atoms with van der Waals surface area (Å²) >= 11 is 0. The van der Waals surface area contributed by atoms with Crippen LogP contribution in [0, 0.1) is 17.8 Å². The summed E-state index contributed by atoms with van der Waals surface area (Å²) in [5.41, 5.74) is 5.75. The molecule has 0 spiro atoms. The van der Waals surface area contributed by atoms with Crippen LogP contribution in [0.3, 0.4) is 0 Å². The number of carbonyl (C=O) groups excluding carboxylic acids is 2. The molecule has 1 aliphatic carbocycles. The number of nitrogens with zero attached hydrogens (tertiary/aromatic N) is 1. The Balaban J connectivity index is 1.97. The van der Waals surface area contributed by atoms with Crippen molar-refractivity contribution < 1.29 is 9.59 Å². The van der Waals surface area contributed by atoms with E-state index in [1.807, 2.05) is 4.90 Å². The highest BCUT2D eigenvalue weighted by Gasteiger charge is 2.37. The molecule has 5 nitrogen and oxygen atoms in total. The largest absolute Gasteiger partial charge is 0.359 e. The van der Waals surface area contributed by atoms with E-state index >= 15 is 0 Å². The predicted molar refractivity (Wildman–Crippen MR) is 73.3 cm³/mol. The molecule has 1 saturated carbocycles. The Morgan fingerprint density at radius 3 is 2.74 bits per heavy atom. The van der Waals surface area contributed by atoms with Crippen LogP contribution < -0.4 is 11.1 Å². The average molecular weight is 267 g/mol. The van der Waals surface area contributed by atoms with E-state index in [1.54, 1.807) is 7.05 Å². The Hall–Kier alpha value is -1.10. The molecular formula is C14H25N3O2. The van der Waals surface area contributed by atoms with E-state index in [0.717, 1.165) is 38.6 Å². The van der Waals surface area contributed by atoms with Gasteiger partial charge in [0.25, 0.3) is 0 Å². The summed E-state index contributed by atoms with van der Waals surface area (Å²) in [5.74, 6) is 0.669. The molecule has 1 saturated heterocycles. The zero-order valence-electron chi connectivity index (χ0n) is 11.7. The van der Waals surface area contributed by atoms with E-state index in [1.165, 1.54) is 0 Å². The second-order valence-electron chi connectivity index (χ2n) is 5.77. The van der Waals surface area contributed by atoms with Gasteiger partial charge in [-0.1, -0.05) is 6.42 Å². The average Bonchev–Trinajstić information content (AvgIpc) is 2.94. The molecular weight excluding hydrogens is 242 g/mol. The highest BCUT2D eigenvalue weighted by Crippen LogP contribution is 2.33. The van der Waals surface area contributed by atoms with E-state index in [2.05, 4.69) is 5.32 Å². The lowest BCUT2D eigenvalue weighted by Crippen LogP contribution is -2.47. The zero-order chi connectivity index (χ0) is 13.8. The molecule has 0 radical (unpaired) electrons. The first kappa shape index (κ1) is 14.3. The molecule has 3 N–H and O–H groups in total. The van der Waals surface area contributed by atoms with Gasteiger partial charge in [0, 0.05) is 26.1 Å². The number of piperidine rings is 1. The Kier molecular flexibility index (Phi) is 4.80. The van der Waals surface area contributed by atoms with Gasteiger partial charge >= 0.3 is 0 Å². The maximum absolute atomic E-state index is 12.6. The van der Waals surface area contributed by atoms with Crippen LogP contribution in [0.15, 0.2) is 0 Å². The van der Waals surface area contributed by atoms with Crippen molar-refractivity contribution in [2.45, 2.75) is 32.1 Å². The maximum Gasteiger partial charge on any atom is 0.226 e.